The van der Waals surface area contributed by atoms with Gasteiger partial charge in [-0.25, -0.2) is 0 Å². The van der Waals surface area contributed by atoms with Gasteiger partial charge in [0, 0.05) is 26.2 Å². The summed E-state index contributed by atoms with van der Waals surface area (Å²) in [5, 5.41) is 0.534. The third kappa shape index (κ3) is 3.99. The number of hydrogen-bond acceptors (Lipinski definition) is 5. The maximum absolute atomic E-state index is 6.22. The fraction of sp³-hybridized carbons (Fsp3) is 0.571. The molecule has 5 nitrogen and oxygen atoms in total. The van der Waals surface area contributed by atoms with Gasteiger partial charge in [-0.05, 0) is 17.7 Å². The summed E-state index contributed by atoms with van der Waals surface area (Å²) in [6.45, 7) is 5.30. The molecule has 0 aliphatic carbocycles. The van der Waals surface area contributed by atoms with Crippen molar-refractivity contribution >= 4 is 11.6 Å². The van der Waals surface area contributed by atoms with Gasteiger partial charge in [0.15, 0.2) is 11.5 Å². The van der Waals surface area contributed by atoms with Crippen LogP contribution in [0.3, 0.4) is 0 Å². The quantitative estimate of drug-likeness (QED) is 0.863. The minimum atomic E-state index is 0.421. The molecule has 0 spiro atoms. The second kappa shape index (κ2) is 7.69. The maximum atomic E-state index is 6.22. The van der Waals surface area contributed by atoms with E-state index in [-0.39, 0.29) is 0 Å². The minimum Gasteiger partial charge on any atom is -0.493 e. The summed E-state index contributed by atoms with van der Waals surface area (Å²) in [6.07, 6.45) is 0. The van der Waals surface area contributed by atoms with Gasteiger partial charge in [0.1, 0.15) is 6.61 Å². The number of morpholine rings is 1. The summed E-state index contributed by atoms with van der Waals surface area (Å²) < 4.78 is 16.4. The highest BCUT2D eigenvalue weighted by atomic mass is 35.5. The highest BCUT2D eigenvalue weighted by Gasteiger charge is 2.14. The maximum Gasteiger partial charge on any atom is 0.179 e. The van der Waals surface area contributed by atoms with Crippen LogP contribution >= 0.6 is 11.6 Å². The number of halogens is 1. The smallest absolute Gasteiger partial charge is 0.179 e. The van der Waals surface area contributed by atoms with Crippen LogP contribution in [0, 0.1) is 0 Å². The van der Waals surface area contributed by atoms with E-state index in [1.54, 1.807) is 7.11 Å². The van der Waals surface area contributed by atoms with E-state index in [1.165, 1.54) is 0 Å². The van der Waals surface area contributed by atoms with Crippen LogP contribution in [-0.2, 0) is 11.3 Å². The Bertz CT molecular complexity index is 437. The van der Waals surface area contributed by atoms with Crippen molar-refractivity contribution in [3.63, 3.8) is 0 Å². The summed E-state index contributed by atoms with van der Waals surface area (Å²) in [7, 11) is 1.60. The van der Waals surface area contributed by atoms with Gasteiger partial charge < -0.3 is 19.9 Å². The molecule has 1 aliphatic heterocycles. The molecule has 0 radical (unpaired) electrons. The molecule has 1 saturated heterocycles. The molecule has 0 unspecified atom stereocenters. The largest absolute Gasteiger partial charge is 0.493 e. The zero-order valence-electron chi connectivity index (χ0n) is 11.7. The Morgan fingerprint density at radius 3 is 2.75 bits per heavy atom. The van der Waals surface area contributed by atoms with Crippen LogP contribution in [0.2, 0.25) is 5.02 Å². The zero-order valence-corrected chi connectivity index (χ0v) is 12.5. The molecule has 20 heavy (non-hydrogen) atoms. The molecule has 112 valence electrons. The van der Waals surface area contributed by atoms with Crippen molar-refractivity contribution in [2.24, 2.45) is 5.73 Å². The summed E-state index contributed by atoms with van der Waals surface area (Å²) in [4.78, 5) is 2.30. The van der Waals surface area contributed by atoms with Gasteiger partial charge in [-0.15, -0.1) is 0 Å². The predicted molar refractivity (Wildman–Crippen MR) is 78.6 cm³/mol. The number of methoxy groups -OCH3 is 1. The molecule has 1 heterocycles. The van der Waals surface area contributed by atoms with Gasteiger partial charge in [0.05, 0.1) is 25.3 Å². The zero-order chi connectivity index (χ0) is 14.4. The lowest BCUT2D eigenvalue weighted by Crippen LogP contribution is -2.38. The van der Waals surface area contributed by atoms with E-state index in [0.717, 1.165) is 38.4 Å². The standard InChI is InChI=1S/C14H21ClN2O3/c1-18-13-9-11(10-16)8-12(15)14(13)20-7-4-17-2-5-19-6-3-17/h8-9H,2-7,10,16H2,1H3. The normalized spacial score (nSPS) is 16.1. The molecule has 0 aromatic heterocycles. The second-order valence-corrected chi connectivity index (χ2v) is 5.02. The topological polar surface area (TPSA) is 57.0 Å². The van der Waals surface area contributed by atoms with E-state index >= 15 is 0 Å². The lowest BCUT2D eigenvalue weighted by molar-refractivity contribution is 0.0321. The van der Waals surface area contributed by atoms with Crippen molar-refractivity contribution in [1.82, 2.24) is 4.90 Å². The molecule has 0 amide bonds. The van der Waals surface area contributed by atoms with Crippen LogP contribution < -0.4 is 15.2 Å². The van der Waals surface area contributed by atoms with Gasteiger partial charge in [-0.3, -0.25) is 4.90 Å². The fourth-order valence-corrected chi connectivity index (χ4v) is 2.42. The number of hydrogen-bond donors (Lipinski definition) is 1. The van der Waals surface area contributed by atoms with Gasteiger partial charge in [-0.2, -0.15) is 0 Å². The lowest BCUT2D eigenvalue weighted by Gasteiger charge is -2.26. The summed E-state index contributed by atoms with van der Waals surface area (Å²) in [6, 6.07) is 3.67. The van der Waals surface area contributed by atoms with Gasteiger partial charge in [0.25, 0.3) is 0 Å². The first-order valence-corrected chi connectivity index (χ1v) is 7.11. The van der Waals surface area contributed by atoms with E-state index in [9.17, 15) is 0 Å². The molecule has 0 bridgehead atoms. The SMILES string of the molecule is COc1cc(CN)cc(Cl)c1OCCN1CCOCC1. The number of nitrogens with two attached hydrogens (primary N) is 1. The van der Waals surface area contributed by atoms with Crippen LogP contribution in [0.1, 0.15) is 5.56 Å². The first-order chi connectivity index (χ1) is 9.74. The van der Waals surface area contributed by atoms with Crippen molar-refractivity contribution in [1.29, 1.82) is 0 Å². The Morgan fingerprint density at radius 1 is 1.35 bits per heavy atom. The number of nitrogens with zero attached hydrogens (tertiary/aromatic N) is 1. The molecule has 1 aromatic rings. The van der Waals surface area contributed by atoms with Crippen LogP contribution in [0.25, 0.3) is 0 Å². The molecule has 0 saturated carbocycles. The fourth-order valence-electron chi connectivity index (χ4n) is 2.13. The molecular formula is C14H21ClN2O3. The lowest BCUT2D eigenvalue weighted by atomic mass is 10.2. The second-order valence-electron chi connectivity index (χ2n) is 4.62. The Kier molecular flexibility index (Phi) is 5.91. The molecular weight excluding hydrogens is 280 g/mol. The molecule has 2 N–H and O–H groups in total. The van der Waals surface area contributed by atoms with Crippen molar-refractivity contribution in [2.75, 3.05) is 46.6 Å². The van der Waals surface area contributed by atoms with E-state index in [2.05, 4.69) is 4.90 Å². The van der Waals surface area contributed by atoms with Gasteiger partial charge in [-0.1, -0.05) is 11.6 Å². The molecule has 2 rings (SSSR count). The molecule has 6 heteroatoms. The Hall–Kier alpha value is -1.01. The Labute approximate surface area is 124 Å². The van der Waals surface area contributed by atoms with Gasteiger partial charge >= 0.3 is 0 Å². The van der Waals surface area contributed by atoms with E-state index in [0.29, 0.717) is 29.7 Å². The van der Waals surface area contributed by atoms with Crippen molar-refractivity contribution < 1.29 is 14.2 Å². The monoisotopic (exact) mass is 300 g/mol. The van der Waals surface area contributed by atoms with Crippen molar-refractivity contribution in [3.8, 4) is 11.5 Å². The average Bonchev–Trinajstić information content (AvgIpc) is 2.49. The molecule has 1 aromatic carbocycles. The van der Waals surface area contributed by atoms with Crippen LogP contribution in [0.4, 0.5) is 0 Å². The third-order valence-electron chi connectivity index (χ3n) is 3.28. The molecule has 0 atom stereocenters. The highest BCUT2D eigenvalue weighted by Crippen LogP contribution is 2.36. The van der Waals surface area contributed by atoms with Crippen molar-refractivity contribution in [3.05, 3.63) is 22.7 Å². The summed E-state index contributed by atoms with van der Waals surface area (Å²) >= 11 is 6.22. The average molecular weight is 301 g/mol. The predicted octanol–water partition coefficient (Wildman–Crippen LogP) is 1.52. The number of rotatable bonds is 6. The Morgan fingerprint density at radius 2 is 2.10 bits per heavy atom. The third-order valence-corrected chi connectivity index (χ3v) is 3.56. The first-order valence-electron chi connectivity index (χ1n) is 6.74. The van der Waals surface area contributed by atoms with Crippen molar-refractivity contribution in [2.45, 2.75) is 6.54 Å². The minimum absolute atomic E-state index is 0.421. The number of benzene rings is 1. The van der Waals surface area contributed by atoms with Gasteiger partial charge in [0.2, 0.25) is 0 Å². The summed E-state index contributed by atoms with van der Waals surface area (Å²) in [5.74, 6) is 1.21. The van der Waals surface area contributed by atoms with E-state index in [1.807, 2.05) is 12.1 Å². The molecule has 1 aliphatic rings. The van der Waals surface area contributed by atoms with Crippen LogP contribution in [0.5, 0.6) is 11.5 Å². The highest BCUT2D eigenvalue weighted by molar-refractivity contribution is 6.32. The van der Waals surface area contributed by atoms with E-state index in [4.69, 9.17) is 31.5 Å². The Balaban J connectivity index is 1.94. The first kappa shape index (κ1) is 15.4. The molecule has 1 fully saturated rings. The van der Waals surface area contributed by atoms with E-state index < -0.39 is 0 Å². The van der Waals surface area contributed by atoms with Crippen LogP contribution in [-0.4, -0.2) is 51.5 Å². The number of ether oxygens (including phenoxy) is 3. The van der Waals surface area contributed by atoms with Crippen LogP contribution in [0.15, 0.2) is 12.1 Å². The summed E-state index contributed by atoms with van der Waals surface area (Å²) in [5.41, 5.74) is 6.54.